The van der Waals surface area contributed by atoms with Crippen molar-refractivity contribution >= 4 is 7.60 Å². The highest BCUT2D eigenvalue weighted by atomic mass is 31.2. The summed E-state index contributed by atoms with van der Waals surface area (Å²) in [4.78, 5) is 18.8. The molecule has 38 valence electrons. The predicted octanol–water partition coefficient (Wildman–Crippen LogP) is -2.90. The number of hydrogen-bond acceptors (Lipinski definition) is 3. The minimum Gasteiger partial charge on any atom is -0.807 e. The van der Waals surface area contributed by atoms with Crippen LogP contribution in [0.4, 0.5) is 0 Å². The molecule has 0 atom stereocenters. The maximum Gasteiger partial charge on any atom is 0.0996 e. The van der Waals surface area contributed by atoms with E-state index < -0.39 is 13.9 Å². The van der Waals surface area contributed by atoms with Gasteiger partial charge in [0.05, 0.1) is 6.29 Å². The van der Waals surface area contributed by atoms with E-state index in [1.165, 1.54) is 0 Å². The third-order valence-corrected chi connectivity index (χ3v) is 0.822. The molecule has 0 aromatic heterocycles. The van der Waals surface area contributed by atoms with Crippen LogP contribution in [-0.4, -0.2) is 6.29 Å². The van der Waals surface area contributed by atoms with Crippen molar-refractivity contribution in [3.8, 4) is 0 Å². The predicted molar refractivity (Wildman–Crippen MR) is 15.4 cm³/mol. The summed E-state index contributed by atoms with van der Waals surface area (Å²) >= 11 is 0. The Hall–Kier alpha value is 0.110. The maximum atomic E-state index is 9.41. The standard InChI is InChI=1S/CH6NO3P/c2-1-6(3,4)5/h1-2H2,(H2,3,4,5)/p-1. The van der Waals surface area contributed by atoms with E-state index in [9.17, 15) is 14.4 Å². The molecule has 0 spiro atoms. The van der Waals surface area contributed by atoms with Crippen LogP contribution in [0.2, 0.25) is 0 Å². The first-order chi connectivity index (χ1) is 2.56. The van der Waals surface area contributed by atoms with Crippen LogP contribution in [0.3, 0.4) is 0 Å². The third kappa shape index (κ3) is 4.11. The molecule has 0 saturated carbocycles. The van der Waals surface area contributed by atoms with E-state index in [0.717, 1.165) is 0 Å². The molecular formula is CH5NO3P-. The molecule has 4 nitrogen and oxygen atoms in total. The SMILES string of the molecule is [NH3+]CP(=O)([O-])[O-]. The molecular weight excluding hydrogens is 105 g/mol. The van der Waals surface area contributed by atoms with Gasteiger partial charge in [-0.05, 0) is 7.60 Å². The van der Waals surface area contributed by atoms with Crippen LogP contribution in [-0.2, 0) is 4.57 Å². The Morgan fingerprint density at radius 3 is 1.83 bits per heavy atom. The van der Waals surface area contributed by atoms with Gasteiger partial charge in [-0.1, -0.05) is 0 Å². The van der Waals surface area contributed by atoms with Crippen LogP contribution < -0.4 is 15.5 Å². The zero-order chi connectivity index (χ0) is 5.21. The van der Waals surface area contributed by atoms with Crippen LogP contribution in [0.5, 0.6) is 0 Å². The van der Waals surface area contributed by atoms with Gasteiger partial charge < -0.3 is 20.1 Å². The molecule has 0 bridgehead atoms. The quantitative estimate of drug-likeness (QED) is 0.367. The molecule has 0 unspecified atom stereocenters. The highest BCUT2D eigenvalue weighted by Gasteiger charge is 1.80. The van der Waals surface area contributed by atoms with Gasteiger partial charge in [0.15, 0.2) is 0 Å². The zero-order valence-electron chi connectivity index (χ0n) is 3.09. The molecule has 6 heavy (non-hydrogen) atoms. The van der Waals surface area contributed by atoms with Gasteiger partial charge in [0, 0.05) is 0 Å². The van der Waals surface area contributed by atoms with Crippen LogP contribution in [0.1, 0.15) is 0 Å². The molecule has 5 heteroatoms. The van der Waals surface area contributed by atoms with E-state index in [4.69, 9.17) is 0 Å². The fourth-order valence-electron chi connectivity index (χ4n) is 0. The Morgan fingerprint density at radius 2 is 1.83 bits per heavy atom. The summed E-state index contributed by atoms with van der Waals surface area (Å²) in [6.07, 6.45) is -0.535. The average molecular weight is 110 g/mol. The summed E-state index contributed by atoms with van der Waals surface area (Å²) in [6.45, 7) is 0. The van der Waals surface area contributed by atoms with Crippen molar-refractivity contribution in [2.75, 3.05) is 6.29 Å². The molecule has 0 aromatic rings. The highest BCUT2D eigenvalue weighted by Crippen LogP contribution is 2.15. The van der Waals surface area contributed by atoms with Gasteiger partial charge in [-0.25, -0.2) is 0 Å². The maximum absolute atomic E-state index is 9.41. The molecule has 0 aromatic carbocycles. The van der Waals surface area contributed by atoms with Gasteiger partial charge >= 0.3 is 0 Å². The first-order valence-electron chi connectivity index (χ1n) is 1.36. The Morgan fingerprint density at radius 1 is 1.67 bits per heavy atom. The van der Waals surface area contributed by atoms with Gasteiger partial charge in [-0.3, -0.25) is 0 Å². The molecule has 0 amide bonds. The lowest BCUT2D eigenvalue weighted by atomic mass is 11.6. The number of quaternary nitrogens is 1. The summed E-state index contributed by atoms with van der Waals surface area (Å²) in [7, 11) is -4.26. The Balaban J connectivity index is 3.48. The Bertz CT molecular complexity index is 74.9. The smallest absolute Gasteiger partial charge is 0.0996 e. The minimum atomic E-state index is -4.26. The molecule has 0 aliphatic heterocycles. The monoisotopic (exact) mass is 110 g/mol. The summed E-state index contributed by atoms with van der Waals surface area (Å²) in [5.41, 5.74) is 2.87. The van der Waals surface area contributed by atoms with E-state index >= 15 is 0 Å². The average Bonchev–Trinajstić information content (AvgIpc) is 1.35. The normalized spacial score (nSPS) is 11.8. The highest BCUT2D eigenvalue weighted by molar-refractivity contribution is 7.48. The largest absolute Gasteiger partial charge is 0.807 e. The molecule has 0 radical (unpaired) electrons. The van der Waals surface area contributed by atoms with Crippen molar-refractivity contribution in [2.45, 2.75) is 0 Å². The summed E-state index contributed by atoms with van der Waals surface area (Å²) < 4.78 is 9.41. The van der Waals surface area contributed by atoms with Gasteiger partial charge in [-0.15, -0.1) is 0 Å². The van der Waals surface area contributed by atoms with Gasteiger partial charge in [0.2, 0.25) is 0 Å². The fraction of sp³-hybridized carbons (Fsp3) is 1.00. The van der Waals surface area contributed by atoms with Gasteiger partial charge in [0.25, 0.3) is 0 Å². The fourth-order valence-corrected chi connectivity index (χ4v) is 0. The summed E-state index contributed by atoms with van der Waals surface area (Å²) in [5, 5.41) is 0. The van der Waals surface area contributed by atoms with Crippen molar-refractivity contribution in [3.05, 3.63) is 0 Å². The van der Waals surface area contributed by atoms with Crippen molar-refractivity contribution in [3.63, 3.8) is 0 Å². The molecule has 0 saturated heterocycles. The third-order valence-electron chi connectivity index (χ3n) is 0.274. The second-order valence-electron chi connectivity index (χ2n) is 0.835. The first kappa shape index (κ1) is 6.11. The van der Waals surface area contributed by atoms with Crippen molar-refractivity contribution in [1.82, 2.24) is 0 Å². The van der Waals surface area contributed by atoms with E-state index in [-0.39, 0.29) is 0 Å². The molecule has 0 aliphatic carbocycles. The van der Waals surface area contributed by atoms with Crippen LogP contribution in [0.25, 0.3) is 0 Å². The van der Waals surface area contributed by atoms with Crippen LogP contribution >= 0.6 is 7.60 Å². The zero-order valence-corrected chi connectivity index (χ0v) is 3.98. The van der Waals surface area contributed by atoms with Crippen LogP contribution in [0.15, 0.2) is 0 Å². The molecule has 0 heterocycles. The second kappa shape index (κ2) is 1.71. The Kier molecular flexibility index (Phi) is 1.74. The van der Waals surface area contributed by atoms with Crippen molar-refractivity contribution in [2.24, 2.45) is 0 Å². The lowest BCUT2D eigenvalue weighted by Gasteiger charge is -2.23. The van der Waals surface area contributed by atoms with E-state index in [1.54, 1.807) is 0 Å². The summed E-state index contributed by atoms with van der Waals surface area (Å²) in [6, 6.07) is 0. The second-order valence-corrected chi connectivity index (χ2v) is 2.50. The lowest BCUT2D eigenvalue weighted by molar-refractivity contribution is -0.390. The lowest BCUT2D eigenvalue weighted by Crippen LogP contribution is -2.53. The molecule has 0 aliphatic rings. The van der Waals surface area contributed by atoms with E-state index in [0.29, 0.717) is 0 Å². The minimum absolute atomic E-state index is 0.535. The Labute approximate surface area is 35.1 Å². The molecule has 0 rings (SSSR count). The van der Waals surface area contributed by atoms with Gasteiger partial charge in [-0.2, -0.15) is 0 Å². The van der Waals surface area contributed by atoms with E-state index in [2.05, 4.69) is 5.73 Å². The van der Waals surface area contributed by atoms with Gasteiger partial charge in [0.1, 0.15) is 0 Å². The van der Waals surface area contributed by atoms with Crippen molar-refractivity contribution < 1.29 is 20.1 Å². The summed E-state index contributed by atoms with van der Waals surface area (Å²) in [5.74, 6) is 0. The first-order valence-corrected chi connectivity index (χ1v) is 3.09. The van der Waals surface area contributed by atoms with Crippen LogP contribution in [0, 0.1) is 0 Å². The number of hydrogen-bond donors (Lipinski definition) is 1. The molecule has 0 fully saturated rings. The molecule has 3 N–H and O–H groups in total. The topological polar surface area (TPSA) is 90.8 Å². The van der Waals surface area contributed by atoms with Crippen molar-refractivity contribution in [1.29, 1.82) is 0 Å². The van der Waals surface area contributed by atoms with E-state index in [1.807, 2.05) is 0 Å². The number of rotatable bonds is 1.